The van der Waals surface area contributed by atoms with Crippen LogP contribution in [0.4, 0.5) is 0 Å². The molecule has 8 atom stereocenters. The van der Waals surface area contributed by atoms with Gasteiger partial charge in [0.05, 0.1) is 25.4 Å². The minimum Gasteiger partial charge on any atom is -0.454 e. The van der Waals surface area contributed by atoms with E-state index in [1.165, 1.54) is 38.5 Å². The molecule has 6 N–H and O–H groups in total. The lowest BCUT2D eigenvalue weighted by Crippen LogP contribution is -2.61. The van der Waals surface area contributed by atoms with Crippen molar-refractivity contribution in [3.05, 3.63) is 134 Å². The van der Waals surface area contributed by atoms with Gasteiger partial charge in [-0.15, -0.1) is 0 Å². The first-order valence-electron chi connectivity index (χ1n) is 27.1. The van der Waals surface area contributed by atoms with Gasteiger partial charge in [0.2, 0.25) is 5.91 Å². The summed E-state index contributed by atoms with van der Waals surface area (Å²) in [6, 6.07) is -1.05. The second-order valence-corrected chi connectivity index (χ2v) is 18.1. The monoisotopic (exact) mass is 990 g/mol. The van der Waals surface area contributed by atoms with E-state index in [9.17, 15) is 35.1 Å². The van der Waals surface area contributed by atoms with Crippen molar-refractivity contribution < 1.29 is 49.3 Å². The van der Waals surface area contributed by atoms with Crippen LogP contribution in [0.15, 0.2) is 134 Å². The molecule has 0 saturated carbocycles. The second-order valence-electron chi connectivity index (χ2n) is 18.1. The number of allylic oxidation sites excluding steroid dienone is 21. The maximum Gasteiger partial charge on any atom is 0.306 e. The van der Waals surface area contributed by atoms with E-state index in [2.05, 4.69) is 50.4 Å². The van der Waals surface area contributed by atoms with E-state index in [1.807, 2.05) is 103 Å². The van der Waals surface area contributed by atoms with E-state index in [-0.39, 0.29) is 19.4 Å². The van der Waals surface area contributed by atoms with Crippen molar-refractivity contribution in [1.29, 1.82) is 0 Å². The molecule has 11 heteroatoms. The molecule has 1 fully saturated rings. The molecule has 0 aliphatic carbocycles. The number of aliphatic hydroxyl groups excluding tert-OH is 5. The van der Waals surface area contributed by atoms with Crippen molar-refractivity contribution in [1.82, 2.24) is 5.32 Å². The van der Waals surface area contributed by atoms with Crippen molar-refractivity contribution in [2.45, 2.75) is 217 Å². The Morgan fingerprint density at radius 1 is 0.563 bits per heavy atom. The van der Waals surface area contributed by atoms with Gasteiger partial charge in [0.25, 0.3) is 0 Å². The number of hydrogen-bond acceptors (Lipinski definition) is 10. The maximum absolute atomic E-state index is 13.3. The first-order chi connectivity index (χ1) is 34.7. The van der Waals surface area contributed by atoms with E-state index in [0.29, 0.717) is 12.8 Å². The van der Waals surface area contributed by atoms with Crippen LogP contribution in [0.1, 0.15) is 168 Å². The smallest absolute Gasteiger partial charge is 0.306 e. The topological polar surface area (TPSA) is 175 Å². The predicted octanol–water partition coefficient (Wildman–Crippen LogP) is 11.7. The van der Waals surface area contributed by atoms with Crippen molar-refractivity contribution in [3.63, 3.8) is 0 Å². The fourth-order valence-electron chi connectivity index (χ4n) is 7.51. The standard InChI is InChI=1S/C60H95NO10/c1-4-7-10-13-16-19-22-24-26-27-28-30-33-36-39-42-45-48-55(65)71-58-57(67)56(66)54(49-62)70-60(58)69-50-51(52(63)46-43-40-37-34-31-21-18-15-12-9-6-3)61-59(68)53(64)47-44-41-38-35-32-29-25-23-20-17-14-11-8-5-2/h7-8,10-11,13-14,16-17,19-20,22-30,33,43,46,51-54,56-58,60,62-64,66-67H,4-6,9,12,15,18,21,31-32,34-42,44-45,47-50H2,1-3H3,(H,61,68)/b10-7-,11-8+,16-13+,17-14+,22-19+,23-20+,26-24-,28-27+,29-25-,33-30+,46-43+. The van der Waals surface area contributed by atoms with E-state index in [1.54, 1.807) is 6.08 Å². The first-order valence-corrected chi connectivity index (χ1v) is 27.1. The molecule has 1 heterocycles. The van der Waals surface area contributed by atoms with Gasteiger partial charge in [0, 0.05) is 6.42 Å². The number of hydrogen-bond donors (Lipinski definition) is 6. The largest absolute Gasteiger partial charge is 0.454 e. The van der Waals surface area contributed by atoms with Crippen molar-refractivity contribution >= 4 is 11.9 Å². The molecule has 0 aromatic rings. The van der Waals surface area contributed by atoms with Crippen molar-refractivity contribution in [2.24, 2.45) is 0 Å². The molecule has 400 valence electrons. The highest BCUT2D eigenvalue weighted by atomic mass is 16.7. The van der Waals surface area contributed by atoms with Crippen LogP contribution in [0.2, 0.25) is 0 Å². The fourth-order valence-corrected chi connectivity index (χ4v) is 7.51. The summed E-state index contributed by atoms with van der Waals surface area (Å²) in [6.45, 7) is 5.41. The van der Waals surface area contributed by atoms with Gasteiger partial charge in [-0.2, -0.15) is 0 Å². The van der Waals surface area contributed by atoms with E-state index in [4.69, 9.17) is 14.2 Å². The Morgan fingerprint density at radius 3 is 1.52 bits per heavy atom. The van der Waals surface area contributed by atoms with Crippen LogP contribution < -0.4 is 5.32 Å². The van der Waals surface area contributed by atoms with Crippen LogP contribution in [-0.4, -0.2) is 99.6 Å². The molecule has 1 rings (SSSR count). The molecule has 11 nitrogen and oxygen atoms in total. The average Bonchev–Trinajstić information content (AvgIpc) is 3.37. The Kier molecular flexibility index (Phi) is 42.8. The van der Waals surface area contributed by atoms with Gasteiger partial charge in [-0.3, -0.25) is 9.59 Å². The lowest BCUT2D eigenvalue weighted by atomic mass is 9.99. The van der Waals surface area contributed by atoms with Gasteiger partial charge in [-0.05, 0) is 64.2 Å². The molecule has 1 aliphatic rings. The molecule has 0 aromatic heterocycles. The number of rotatable bonds is 42. The third kappa shape index (κ3) is 35.5. The summed E-state index contributed by atoms with van der Waals surface area (Å²) in [6.07, 6.45) is 54.9. The molecule has 1 amide bonds. The van der Waals surface area contributed by atoms with E-state index >= 15 is 0 Å². The minimum atomic E-state index is -1.65. The highest BCUT2D eigenvalue weighted by Crippen LogP contribution is 2.26. The Balaban J connectivity index is 2.81. The van der Waals surface area contributed by atoms with Crippen LogP contribution in [0.25, 0.3) is 0 Å². The number of aliphatic hydroxyl groups is 5. The minimum absolute atomic E-state index is 0.0603. The van der Waals surface area contributed by atoms with Gasteiger partial charge in [-0.25, -0.2) is 0 Å². The zero-order valence-electron chi connectivity index (χ0n) is 43.8. The second kappa shape index (κ2) is 46.8. The maximum atomic E-state index is 13.3. The Morgan fingerprint density at radius 2 is 1.01 bits per heavy atom. The normalized spacial score (nSPS) is 20.7. The highest BCUT2D eigenvalue weighted by molar-refractivity contribution is 5.80. The molecule has 1 aliphatic heterocycles. The molecule has 0 bridgehead atoms. The molecule has 0 radical (unpaired) electrons. The Labute approximate surface area is 429 Å². The van der Waals surface area contributed by atoms with Crippen LogP contribution in [0.5, 0.6) is 0 Å². The third-order valence-electron chi connectivity index (χ3n) is 11.8. The molecule has 0 aromatic carbocycles. The third-order valence-corrected chi connectivity index (χ3v) is 11.8. The van der Waals surface area contributed by atoms with Crippen LogP contribution in [0, 0.1) is 0 Å². The Hall–Kier alpha value is -4.20. The summed E-state index contributed by atoms with van der Waals surface area (Å²) < 4.78 is 17.5. The SMILES string of the molecule is CC\C=C/C=C/C=C/C=C\C=C\C=C\CCCCCC(=O)OC1C(OCC(NC(=O)C(O)CCCCCC\C=C/C=C/C=C/C=C/CC)C(O)/C=C/CCCCCCCCCCC)OC(CO)C(O)C1O. The lowest BCUT2D eigenvalue weighted by molar-refractivity contribution is -0.305. The predicted molar refractivity (Wildman–Crippen MR) is 291 cm³/mol. The number of carbonyl (C=O) groups excluding carboxylic acids is 2. The zero-order chi connectivity index (χ0) is 51.8. The Bertz CT molecular complexity index is 1650. The summed E-state index contributed by atoms with van der Waals surface area (Å²) in [4.78, 5) is 26.4. The first kappa shape index (κ1) is 64.8. The number of nitrogens with one attached hydrogen (secondary N) is 1. The number of unbranched alkanes of at least 4 members (excludes halogenated alkanes) is 16. The molecular weight excluding hydrogens is 895 g/mol. The average molecular weight is 990 g/mol. The number of carbonyl (C=O) groups is 2. The van der Waals surface area contributed by atoms with Crippen molar-refractivity contribution in [3.8, 4) is 0 Å². The lowest BCUT2D eigenvalue weighted by Gasteiger charge is -2.41. The van der Waals surface area contributed by atoms with Gasteiger partial charge < -0.3 is 45.1 Å². The molecule has 0 spiro atoms. The van der Waals surface area contributed by atoms with E-state index in [0.717, 1.165) is 83.5 Å². The van der Waals surface area contributed by atoms with Crippen LogP contribution in [0.3, 0.4) is 0 Å². The zero-order valence-corrected chi connectivity index (χ0v) is 43.8. The molecule has 8 unspecified atom stereocenters. The summed E-state index contributed by atoms with van der Waals surface area (Å²) in [5.41, 5.74) is 0. The quantitative estimate of drug-likeness (QED) is 0.0149. The van der Waals surface area contributed by atoms with E-state index < -0.39 is 67.4 Å². The van der Waals surface area contributed by atoms with Crippen LogP contribution >= 0.6 is 0 Å². The number of amides is 1. The van der Waals surface area contributed by atoms with Gasteiger partial charge >= 0.3 is 5.97 Å². The number of esters is 1. The fraction of sp³-hybridized carbons (Fsp3) is 0.600. The van der Waals surface area contributed by atoms with Crippen molar-refractivity contribution in [2.75, 3.05) is 13.2 Å². The molecule has 1 saturated heterocycles. The summed E-state index contributed by atoms with van der Waals surface area (Å²) in [7, 11) is 0. The van der Waals surface area contributed by atoms with Crippen LogP contribution in [-0.2, 0) is 23.8 Å². The van der Waals surface area contributed by atoms with Gasteiger partial charge in [-0.1, -0.05) is 231 Å². The summed E-state index contributed by atoms with van der Waals surface area (Å²) in [5, 5.41) is 56.7. The van der Waals surface area contributed by atoms with Gasteiger partial charge in [0.15, 0.2) is 12.4 Å². The number of ether oxygens (including phenoxy) is 3. The molecular formula is C60H95NO10. The van der Waals surface area contributed by atoms with Gasteiger partial charge in [0.1, 0.15) is 24.4 Å². The summed E-state index contributed by atoms with van der Waals surface area (Å²) >= 11 is 0. The molecule has 71 heavy (non-hydrogen) atoms. The summed E-state index contributed by atoms with van der Waals surface area (Å²) in [5.74, 6) is -1.28. The highest BCUT2D eigenvalue weighted by Gasteiger charge is 2.47.